The lowest BCUT2D eigenvalue weighted by molar-refractivity contribution is 0.213. The SMILES string of the molecule is CCNCCN1CCC(c2c[nH]c3ccccc23)CC1. The van der Waals surface area contributed by atoms with Crippen LogP contribution >= 0.6 is 0 Å². The third-order valence-electron chi connectivity index (χ3n) is 4.50. The first-order valence-electron chi connectivity index (χ1n) is 7.87. The highest BCUT2D eigenvalue weighted by Crippen LogP contribution is 2.32. The molecule has 2 aromatic rings. The van der Waals surface area contributed by atoms with Gasteiger partial charge in [0.15, 0.2) is 0 Å². The highest BCUT2D eigenvalue weighted by atomic mass is 15.1. The van der Waals surface area contributed by atoms with Crippen LogP contribution in [0.15, 0.2) is 30.5 Å². The predicted molar refractivity (Wildman–Crippen MR) is 85.3 cm³/mol. The van der Waals surface area contributed by atoms with Gasteiger partial charge in [-0.2, -0.15) is 0 Å². The first-order chi connectivity index (χ1) is 9.88. The Labute approximate surface area is 121 Å². The quantitative estimate of drug-likeness (QED) is 0.819. The van der Waals surface area contributed by atoms with Crippen LogP contribution in [0.4, 0.5) is 0 Å². The van der Waals surface area contributed by atoms with Gasteiger partial charge in [0.25, 0.3) is 0 Å². The monoisotopic (exact) mass is 271 g/mol. The van der Waals surface area contributed by atoms with E-state index in [0.717, 1.165) is 19.0 Å². The summed E-state index contributed by atoms with van der Waals surface area (Å²) in [6, 6.07) is 8.67. The molecule has 0 unspecified atom stereocenters. The number of nitrogens with one attached hydrogen (secondary N) is 2. The molecule has 0 radical (unpaired) electrons. The minimum absolute atomic E-state index is 0.724. The van der Waals surface area contributed by atoms with Crippen molar-refractivity contribution in [2.24, 2.45) is 0 Å². The zero-order chi connectivity index (χ0) is 13.8. The number of likely N-dealkylation sites (N-methyl/N-ethyl adjacent to an activating group) is 1. The van der Waals surface area contributed by atoms with Gasteiger partial charge in [0.1, 0.15) is 0 Å². The Bertz CT molecular complexity index is 538. The van der Waals surface area contributed by atoms with Crippen molar-refractivity contribution in [3.8, 4) is 0 Å². The lowest BCUT2D eigenvalue weighted by Crippen LogP contribution is -2.37. The number of nitrogens with zero attached hydrogens (tertiary/aromatic N) is 1. The van der Waals surface area contributed by atoms with E-state index in [2.05, 4.69) is 52.6 Å². The van der Waals surface area contributed by atoms with Gasteiger partial charge in [-0.05, 0) is 50.0 Å². The van der Waals surface area contributed by atoms with E-state index >= 15 is 0 Å². The van der Waals surface area contributed by atoms with Gasteiger partial charge in [-0.1, -0.05) is 25.1 Å². The minimum atomic E-state index is 0.724. The molecule has 0 atom stereocenters. The molecule has 20 heavy (non-hydrogen) atoms. The Morgan fingerprint density at radius 3 is 2.85 bits per heavy atom. The molecule has 0 amide bonds. The molecule has 3 rings (SSSR count). The standard InChI is InChI=1S/C17H25N3/c1-2-18-9-12-20-10-7-14(8-11-20)16-13-19-17-6-4-3-5-15(16)17/h3-6,13-14,18-19H,2,7-12H2,1H3. The molecule has 1 saturated heterocycles. The van der Waals surface area contributed by atoms with Crippen molar-refractivity contribution < 1.29 is 0 Å². The van der Waals surface area contributed by atoms with Gasteiger partial charge < -0.3 is 15.2 Å². The van der Waals surface area contributed by atoms with Gasteiger partial charge in [0, 0.05) is 30.2 Å². The van der Waals surface area contributed by atoms with Crippen molar-refractivity contribution in [2.75, 3.05) is 32.7 Å². The Balaban J connectivity index is 1.60. The lowest BCUT2D eigenvalue weighted by atomic mass is 9.89. The third-order valence-corrected chi connectivity index (χ3v) is 4.50. The average molecular weight is 271 g/mol. The molecule has 1 fully saturated rings. The van der Waals surface area contributed by atoms with E-state index < -0.39 is 0 Å². The van der Waals surface area contributed by atoms with E-state index in [4.69, 9.17) is 0 Å². The van der Waals surface area contributed by atoms with Gasteiger partial charge in [-0.15, -0.1) is 0 Å². The molecule has 0 aliphatic carbocycles. The topological polar surface area (TPSA) is 31.1 Å². The molecule has 108 valence electrons. The lowest BCUT2D eigenvalue weighted by Gasteiger charge is -2.32. The first-order valence-corrected chi connectivity index (χ1v) is 7.87. The molecule has 2 N–H and O–H groups in total. The molecular formula is C17H25N3. The van der Waals surface area contributed by atoms with E-state index in [0.29, 0.717) is 0 Å². The van der Waals surface area contributed by atoms with E-state index in [1.807, 2.05) is 0 Å². The second-order valence-corrected chi connectivity index (χ2v) is 5.76. The Hall–Kier alpha value is -1.32. The summed E-state index contributed by atoms with van der Waals surface area (Å²) in [5.41, 5.74) is 2.80. The fourth-order valence-electron chi connectivity index (χ4n) is 3.31. The number of benzene rings is 1. The predicted octanol–water partition coefficient (Wildman–Crippen LogP) is 2.96. The van der Waals surface area contributed by atoms with Gasteiger partial charge in [-0.3, -0.25) is 0 Å². The van der Waals surface area contributed by atoms with Crippen LogP contribution in [0.2, 0.25) is 0 Å². The summed E-state index contributed by atoms with van der Waals surface area (Å²) in [5.74, 6) is 0.724. The highest BCUT2D eigenvalue weighted by molar-refractivity contribution is 5.83. The zero-order valence-electron chi connectivity index (χ0n) is 12.4. The summed E-state index contributed by atoms with van der Waals surface area (Å²) in [5, 5.41) is 4.83. The molecule has 1 aliphatic rings. The zero-order valence-corrected chi connectivity index (χ0v) is 12.4. The number of hydrogen-bond acceptors (Lipinski definition) is 2. The minimum Gasteiger partial charge on any atom is -0.361 e. The second kappa shape index (κ2) is 6.42. The molecule has 1 aliphatic heterocycles. The first kappa shape index (κ1) is 13.7. The van der Waals surface area contributed by atoms with Crippen LogP contribution in [0.5, 0.6) is 0 Å². The number of rotatable bonds is 5. The molecule has 0 saturated carbocycles. The average Bonchev–Trinajstić information content (AvgIpc) is 2.92. The normalized spacial score (nSPS) is 17.9. The maximum Gasteiger partial charge on any atom is 0.0456 e. The summed E-state index contributed by atoms with van der Waals surface area (Å²) < 4.78 is 0. The fourth-order valence-corrected chi connectivity index (χ4v) is 3.31. The molecule has 1 aromatic carbocycles. The third kappa shape index (κ3) is 2.89. The van der Waals surface area contributed by atoms with Crippen LogP contribution in [-0.4, -0.2) is 42.6 Å². The van der Waals surface area contributed by atoms with E-state index in [1.54, 1.807) is 0 Å². The molecule has 0 bridgehead atoms. The Kier molecular flexibility index (Phi) is 4.38. The maximum atomic E-state index is 3.41. The summed E-state index contributed by atoms with van der Waals surface area (Å²) >= 11 is 0. The van der Waals surface area contributed by atoms with E-state index in [-0.39, 0.29) is 0 Å². The van der Waals surface area contributed by atoms with Crippen LogP contribution in [0.3, 0.4) is 0 Å². The van der Waals surface area contributed by atoms with Crippen molar-refractivity contribution in [1.29, 1.82) is 0 Å². The second-order valence-electron chi connectivity index (χ2n) is 5.76. The van der Waals surface area contributed by atoms with E-state index in [1.165, 1.54) is 48.9 Å². The Morgan fingerprint density at radius 2 is 2.05 bits per heavy atom. The fraction of sp³-hybridized carbons (Fsp3) is 0.529. The van der Waals surface area contributed by atoms with Crippen LogP contribution in [0.25, 0.3) is 10.9 Å². The van der Waals surface area contributed by atoms with Crippen molar-refractivity contribution >= 4 is 10.9 Å². The smallest absolute Gasteiger partial charge is 0.0456 e. The molecule has 1 aromatic heterocycles. The molecule has 2 heterocycles. The van der Waals surface area contributed by atoms with Gasteiger partial charge in [0.2, 0.25) is 0 Å². The number of H-pyrrole nitrogens is 1. The van der Waals surface area contributed by atoms with Crippen LogP contribution in [0, 0.1) is 0 Å². The summed E-state index contributed by atoms with van der Waals surface area (Å²) in [6.07, 6.45) is 4.80. The maximum absolute atomic E-state index is 3.41. The summed E-state index contributed by atoms with van der Waals surface area (Å²) in [4.78, 5) is 6.01. The van der Waals surface area contributed by atoms with Gasteiger partial charge in [-0.25, -0.2) is 0 Å². The molecule has 3 nitrogen and oxygen atoms in total. The van der Waals surface area contributed by atoms with Crippen molar-refractivity contribution in [3.63, 3.8) is 0 Å². The molecule has 3 heteroatoms. The Morgan fingerprint density at radius 1 is 1.25 bits per heavy atom. The molecular weight excluding hydrogens is 246 g/mol. The van der Waals surface area contributed by atoms with Crippen LogP contribution in [-0.2, 0) is 0 Å². The number of hydrogen-bond donors (Lipinski definition) is 2. The summed E-state index contributed by atoms with van der Waals surface area (Å²) in [7, 11) is 0. The van der Waals surface area contributed by atoms with Crippen LogP contribution in [0.1, 0.15) is 31.2 Å². The number of fused-ring (bicyclic) bond motifs is 1. The summed E-state index contributed by atoms with van der Waals surface area (Å²) in [6.45, 7) is 8.02. The number of aromatic nitrogens is 1. The van der Waals surface area contributed by atoms with Crippen molar-refractivity contribution in [3.05, 3.63) is 36.0 Å². The van der Waals surface area contributed by atoms with Crippen LogP contribution < -0.4 is 5.32 Å². The largest absolute Gasteiger partial charge is 0.361 e. The van der Waals surface area contributed by atoms with Gasteiger partial charge >= 0.3 is 0 Å². The number of piperidine rings is 1. The number of para-hydroxylation sites is 1. The van der Waals surface area contributed by atoms with Crippen molar-refractivity contribution in [1.82, 2.24) is 15.2 Å². The number of aromatic amines is 1. The molecule has 0 spiro atoms. The van der Waals surface area contributed by atoms with Crippen molar-refractivity contribution in [2.45, 2.75) is 25.7 Å². The van der Waals surface area contributed by atoms with Gasteiger partial charge in [0.05, 0.1) is 0 Å². The van der Waals surface area contributed by atoms with E-state index in [9.17, 15) is 0 Å². The highest BCUT2D eigenvalue weighted by Gasteiger charge is 2.22. The number of likely N-dealkylation sites (tertiary alicyclic amines) is 1.